The molecule has 5 unspecified atom stereocenters. The van der Waals surface area contributed by atoms with Gasteiger partial charge in [0.2, 0.25) is 0 Å². The van der Waals surface area contributed by atoms with Crippen molar-refractivity contribution in [2.24, 2.45) is 35.0 Å². The van der Waals surface area contributed by atoms with Gasteiger partial charge in [0.15, 0.2) is 0 Å². The van der Waals surface area contributed by atoms with Crippen LogP contribution in [0.2, 0.25) is 0 Å². The van der Waals surface area contributed by atoms with Crippen LogP contribution in [0.3, 0.4) is 0 Å². The van der Waals surface area contributed by atoms with Crippen molar-refractivity contribution in [1.29, 1.82) is 5.26 Å². The average molecular weight is 215 g/mol. The smallest absolute Gasteiger partial charge is 0.0656 e. The highest BCUT2D eigenvalue weighted by Gasteiger charge is 2.52. The van der Waals surface area contributed by atoms with Crippen molar-refractivity contribution in [2.45, 2.75) is 40.0 Å². The lowest BCUT2D eigenvalue weighted by Gasteiger charge is -2.38. The van der Waals surface area contributed by atoms with E-state index in [9.17, 15) is 0 Å². The van der Waals surface area contributed by atoms with E-state index in [2.05, 4.69) is 32.9 Å². The monoisotopic (exact) mass is 215 g/mol. The van der Waals surface area contributed by atoms with Crippen LogP contribution in [0, 0.1) is 46.3 Å². The van der Waals surface area contributed by atoms with Crippen molar-refractivity contribution >= 4 is 0 Å². The highest BCUT2D eigenvalue weighted by atomic mass is 14.6. The maximum Gasteiger partial charge on any atom is 0.0656 e. The molecule has 0 aliphatic heterocycles. The Morgan fingerprint density at radius 1 is 1.25 bits per heavy atom. The highest BCUT2D eigenvalue weighted by molar-refractivity contribution is 5.31. The molecule has 0 spiro atoms. The minimum atomic E-state index is 0.347. The third-order valence-electron chi connectivity index (χ3n) is 5.13. The Labute approximate surface area is 98.5 Å². The van der Waals surface area contributed by atoms with Crippen LogP contribution >= 0.6 is 0 Å². The summed E-state index contributed by atoms with van der Waals surface area (Å²) in [5.74, 6) is 3.55. The van der Waals surface area contributed by atoms with Crippen LogP contribution in [-0.2, 0) is 0 Å². The van der Waals surface area contributed by atoms with Crippen molar-refractivity contribution in [3.63, 3.8) is 0 Å². The van der Waals surface area contributed by atoms with Crippen LogP contribution in [0.15, 0.2) is 11.6 Å². The zero-order valence-corrected chi connectivity index (χ0v) is 10.5. The summed E-state index contributed by atoms with van der Waals surface area (Å²) in [6.07, 6.45) is 6.25. The Morgan fingerprint density at radius 3 is 2.62 bits per heavy atom. The quantitative estimate of drug-likeness (QED) is 0.564. The van der Waals surface area contributed by atoms with Crippen molar-refractivity contribution < 1.29 is 0 Å². The van der Waals surface area contributed by atoms with E-state index in [1.165, 1.54) is 12.8 Å². The van der Waals surface area contributed by atoms with Crippen LogP contribution in [0.25, 0.3) is 0 Å². The van der Waals surface area contributed by atoms with E-state index >= 15 is 0 Å². The third kappa shape index (κ3) is 1.29. The Bertz CT molecular complexity index is 379. The molecule has 3 rings (SSSR count). The fraction of sp³-hybridized carbons (Fsp3) is 0.800. The molecule has 1 fully saturated rings. The molecule has 0 radical (unpaired) electrons. The summed E-state index contributed by atoms with van der Waals surface area (Å²) >= 11 is 0. The Balaban J connectivity index is 1.84. The molecular weight excluding hydrogens is 194 g/mol. The van der Waals surface area contributed by atoms with Gasteiger partial charge >= 0.3 is 0 Å². The molecule has 5 atom stereocenters. The summed E-state index contributed by atoms with van der Waals surface area (Å²) in [7, 11) is 0. The first-order valence-corrected chi connectivity index (χ1v) is 6.62. The molecule has 0 aromatic rings. The lowest BCUT2D eigenvalue weighted by molar-refractivity contribution is 0.179. The normalized spacial score (nSPS) is 45.4. The average Bonchev–Trinajstić information content (AvgIpc) is 2.86. The first kappa shape index (κ1) is 10.4. The molecular formula is C15H21N. The second-order valence-corrected chi connectivity index (χ2v) is 7.05. The van der Waals surface area contributed by atoms with E-state index in [1.54, 1.807) is 5.57 Å². The number of nitrogens with zero attached hydrogens (tertiary/aromatic N) is 1. The van der Waals surface area contributed by atoms with Gasteiger partial charge in [-0.2, -0.15) is 5.26 Å². The fourth-order valence-electron chi connectivity index (χ4n) is 4.41. The van der Waals surface area contributed by atoms with Crippen LogP contribution < -0.4 is 0 Å². The second kappa shape index (κ2) is 3.13. The molecule has 0 N–H and O–H groups in total. The first-order chi connectivity index (χ1) is 7.50. The van der Waals surface area contributed by atoms with Crippen LogP contribution in [0.1, 0.15) is 40.0 Å². The van der Waals surface area contributed by atoms with Gasteiger partial charge in [0, 0.05) is 5.92 Å². The van der Waals surface area contributed by atoms with E-state index in [-0.39, 0.29) is 0 Å². The minimum absolute atomic E-state index is 0.347. The van der Waals surface area contributed by atoms with Crippen molar-refractivity contribution in [3.05, 3.63) is 11.6 Å². The van der Waals surface area contributed by atoms with Gasteiger partial charge in [-0.05, 0) is 48.3 Å². The second-order valence-electron chi connectivity index (χ2n) is 7.05. The molecule has 16 heavy (non-hydrogen) atoms. The zero-order valence-electron chi connectivity index (χ0n) is 10.5. The lowest BCUT2D eigenvalue weighted by Crippen LogP contribution is -2.30. The van der Waals surface area contributed by atoms with E-state index in [0.29, 0.717) is 11.3 Å². The van der Waals surface area contributed by atoms with Crippen molar-refractivity contribution in [2.75, 3.05) is 0 Å². The molecule has 3 aliphatic rings. The molecule has 3 aliphatic carbocycles. The van der Waals surface area contributed by atoms with Gasteiger partial charge in [-0.1, -0.05) is 32.4 Å². The maximum absolute atomic E-state index is 9.07. The van der Waals surface area contributed by atoms with E-state index in [1.807, 2.05) is 0 Å². The maximum atomic E-state index is 9.07. The molecule has 1 saturated carbocycles. The number of fused-ring (bicyclic) bond motifs is 4. The van der Waals surface area contributed by atoms with E-state index in [0.717, 1.165) is 30.1 Å². The van der Waals surface area contributed by atoms with Crippen LogP contribution in [0.4, 0.5) is 0 Å². The molecule has 0 aromatic heterocycles. The third-order valence-corrected chi connectivity index (χ3v) is 5.13. The van der Waals surface area contributed by atoms with Crippen molar-refractivity contribution in [3.8, 4) is 6.07 Å². The van der Waals surface area contributed by atoms with Gasteiger partial charge < -0.3 is 0 Å². The Hall–Kier alpha value is -0.770. The van der Waals surface area contributed by atoms with Gasteiger partial charge in [-0.25, -0.2) is 0 Å². The summed E-state index contributed by atoms with van der Waals surface area (Å²) in [6, 6.07) is 2.49. The number of rotatable bonds is 0. The van der Waals surface area contributed by atoms with Gasteiger partial charge in [0.1, 0.15) is 0 Å². The van der Waals surface area contributed by atoms with Gasteiger partial charge in [0.05, 0.1) is 6.07 Å². The molecule has 86 valence electrons. The van der Waals surface area contributed by atoms with Gasteiger partial charge in [-0.15, -0.1) is 0 Å². The number of nitriles is 1. The molecule has 0 amide bonds. The number of hydrogen-bond donors (Lipinski definition) is 0. The van der Waals surface area contributed by atoms with E-state index < -0.39 is 0 Å². The topological polar surface area (TPSA) is 23.8 Å². The molecule has 0 heterocycles. The van der Waals surface area contributed by atoms with Gasteiger partial charge in [-0.3, -0.25) is 0 Å². The van der Waals surface area contributed by atoms with Crippen LogP contribution in [-0.4, -0.2) is 0 Å². The Morgan fingerprint density at radius 2 is 2.00 bits per heavy atom. The van der Waals surface area contributed by atoms with Gasteiger partial charge in [0.25, 0.3) is 0 Å². The fourth-order valence-corrected chi connectivity index (χ4v) is 4.41. The molecule has 1 heteroatoms. The minimum Gasteiger partial charge on any atom is -0.198 e. The predicted molar refractivity (Wildman–Crippen MR) is 64.5 cm³/mol. The largest absolute Gasteiger partial charge is 0.198 e. The summed E-state index contributed by atoms with van der Waals surface area (Å²) in [5.41, 5.74) is 2.14. The molecule has 2 bridgehead atoms. The predicted octanol–water partition coefficient (Wildman–Crippen LogP) is 3.77. The molecule has 0 aromatic carbocycles. The zero-order chi connectivity index (χ0) is 11.5. The Kier molecular flexibility index (Phi) is 2.03. The number of allylic oxidation sites excluding steroid dienone is 2. The summed E-state index contributed by atoms with van der Waals surface area (Å²) in [5, 5.41) is 9.07. The summed E-state index contributed by atoms with van der Waals surface area (Å²) in [6.45, 7) is 7.10. The summed E-state index contributed by atoms with van der Waals surface area (Å²) < 4.78 is 0. The van der Waals surface area contributed by atoms with Crippen LogP contribution in [0.5, 0.6) is 0 Å². The molecule has 1 nitrogen and oxygen atoms in total. The molecule has 0 saturated heterocycles. The number of hydrogen-bond acceptors (Lipinski definition) is 1. The highest BCUT2D eigenvalue weighted by Crippen LogP contribution is 2.61. The standard InChI is InChI=1S/C15H21N/c1-15(2,3)14-7-10-6-13(14)12-5-9(8-16)4-11(10)12/h6,9-12,14H,4-5,7H2,1-3H3. The SMILES string of the molecule is CC(C)(C)C1CC2C=C1C1CC(C#N)CC21. The summed E-state index contributed by atoms with van der Waals surface area (Å²) in [4.78, 5) is 0. The first-order valence-electron chi connectivity index (χ1n) is 6.62. The van der Waals surface area contributed by atoms with E-state index in [4.69, 9.17) is 5.26 Å². The lowest BCUT2D eigenvalue weighted by atomic mass is 9.66. The van der Waals surface area contributed by atoms with Crippen molar-refractivity contribution in [1.82, 2.24) is 0 Å².